The maximum Gasteiger partial charge on any atom is 0.0242 e. The highest BCUT2D eigenvalue weighted by molar-refractivity contribution is 5.22. The fourth-order valence-corrected chi connectivity index (χ4v) is 3.98. The Hall–Kier alpha value is -0.860. The lowest BCUT2D eigenvalue weighted by molar-refractivity contribution is 0.171. The van der Waals surface area contributed by atoms with Crippen LogP contribution in [0.1, 0.15) is 50.7 Å². The minimum Gasteiger partial charge on any atom is -0.271 e. The molecule has 2 nitrogen and oxygen atoms in total. The molecule has 0 aliphatic heterocycles. The van der Waals surface area contributed by atoms with Crippen molar-refractivity contribution < 1.29 is 0 Å². The summed E-state index contributed by atoms with van der Waals surface area (Å²) in [6.45, 7) is 6.93. The van der Waals surface area contributed by atoms with E-state index in [1.807, 2.05) is 0 Å². The van der Waals surface area contributed by atoms with E-state index < -0.39 is 0 Å². The number of rotatable bonds is 5. The summed E-state index contributed by atoms with van der Waals surface area (Å²) >= 11 is 0. The second-order valence-electron chi connectivity index (χ2n) is 6.98. The molecule has 3 atom stereocenters. The van der Waals surface area contributed by atoms with Crippen LogP contribution in [-0.4, -0.2) is 6.04 Å². The molecular formula is C18H30N2. The second kappa shape index (κ2) is 7.24. The van der Waals surface area contributed by atoms with Crippen molar-refractivity contribution >= 4 is 0 Å². The Labute approximate surface area is 124 Å². The van der Waals surface area contributed by atoms with Crippen LogP contribution in [0.5, 0.6) is 0 Å². The van der Waals surface area contributed by atoms with E-state index in [-0.39, 0.29) is 0 Å². The van der Waals surface area contributed by atoms with Gasteiger partial charge in [-0.05, 0) is 62.3 Å². The third-order valence-electron chi connectivity index (χ3n) is 4.82. The molecule has 2 rings (SSSR count). The molecule has 0 radical (unpaired) electrons. The van der Waals surface area contributed by atoms with Gasteiger partial charge in [-0.15, -0.1) is 0 Å². The molecule has 0 aromatic heterocycles. The second-order valence-corrected chi connectivity index (χ2v) is 6.98. The molecule has 3 N–H and O–H groups in total. The van der Waals surface area contributed by atoms with Crippen LogP contribution in [0.3, 0.4) is 0 Å². The van der Waals surface area contributed by atoms with Gasteiger partial charge in [0, 0.05) is 6.04 Å². The Kier molecular flexibility index (Phi) is 5.62. The summed E-state index contributed by atoms with van der Waals surface area (Å²) in [6, 6.07) is 9.29. The predicted octanol–water partition coefficient (Wildman–Crippen LogP) is 3.83. The van der Waals surface area contributed by atoms with Crippen LogP contribution in [0.4, 0.5) is 0 Å². The lowest BCUT2D eigenvalue weighted by Crippen LogP contribution is -2.43. The standard InChI is InChI=1S/C18H30N2/c1-13-5-4-6-16(10-13)7-8-18(20-19)17-11-14(2)9-15(3)12-17/h4-6,10,14-15,17-18,20H,7-9,11-12,19H2,1-3H3. The van der Waals surface area contributed by atoms with Gasteiger partial charge in [0.1, 0.15) is 0 Å². The summed E-state index contributed by atoms with van der Waals surface area (Å²) in [7, 11) is 0. The van der Waals surface area contributed by atoms with Crippen LogP contribution in [0.25, 0.3) is 0 Å². The van der Waals surface area contributed by atoms with Crippen molar-refractivity contribution in [3.8, 4) is 0 Å². The van der Waals surface area contributed by atoms with Gasteiger partial charge in [0.2, 0.25) is 0 Å². The number of hydrogen-bond donors (Lipinski definition) is 2. The molecule has 1 aliphatic carbocycles. The third kappa shape index (κ3) is 4.32. The summed E-state index contributed by atoms with van der Waals surface area (Å²) in [5, 5.41) is 0. The topological polar surface area (TPSA) is 38.0 Å². The van der Waals surface area contributed by atoms with Crippen LogP contribution in [0, 0.1) is 24.7 Å². The van der Waals surface area contributed by atoms with Gasteiger partial charge >= 0.3 is 0 Å². The highest BCUT2D eigenvalue weighted by Crippen LogP contribution is 2.35. The number of nitrogens with two attached hydrogens (primary N) is 1. The summed E-state index contributed by atoms with van der Waals surface area (Å²) in [5.41, 5.74) is 5.88. The zero-order valence-corrected chi connectivity index (χ0v) is 13.2. The highest BCUT2D eigenvalue weighted by Gasteiger charge is 2.29. The van der Waals surface area contributed by atoms with E-state index >= 15 is 0 Å². The fourth-order valence-electron chi connectivity index (χ4n) is 3.98. The SMILES string of the molecule is Cc1cccc(CCC(NN)C2CC(C)CC(C)C2)c1. The molecule has 112 valence electrons. The van der Waals surface area contributed by atoms with Gasteiger partial charge in [-0.1, -0.05) is 43.7 Å². The molecule has 1 fully saturated rings. The number of aryl methyl sites for hydroxylation is 2. The molecule has 0 saturated heterocycles. The van der Waals surface area contributed by atoms with Gasteiger partial charge in [0.05, 0.1) is 0 Å². The van der Waals surface area contributed by atoms with E-state index in [9.17, 15) is 0 Å². The molecule has 0 spiro atoms. The van der Waals surface area contributed by atoms with Crippen molar-refractivity contribution in [2.45, 2.75) is 58.9 Å². The van der Waals surface area contributed by atoms with Crippen molar-refractivity contribution in [2.75, 3.05) is 0 Å². The Morgan fingerprint density at radius 2 is 1.90 bits per heavy atom. The molecule has 20 heavy (non-hydrogen) atoms. The number of hydrogen-bond acceptors (Lipinski definition) is 2. The summed E-state index contributed by atoms with van der Waals surface area (Å²) < 4.78 is 0. The molecule has 0 heterocycles. The summed E-state index contributed by atoms with van der Waals surface area (Å²) in [4.78, 5) is 0. The fraction of sp³-hybridized carbons (Fsp3) is 0.667. The average Bonchev–Trinajstić information content (AvgIpc) is 2.38. The van der Waals surface area contributed by atoms with E-state index in [4.69, 9.17) is 5.84 Å². The first kappa shape index (κ1) is 15.5. The Balaban J connectivity index is 1.91. The van der Waals surface area contributed by atoms with E-state index in [1.165, 1.54) is 30.4 Å². The molecule has 1 aromatic carbocycles. The minimum atomic E-state index is 0.459. The van der Waals surface area contributed by atoms with Gasteiger partial charge in [0.25, 0.3) is 0 Å². The van der Waals surface area contributed by atoms with Gasteiger partial charge < -0.3 is 0 Å². The summed E-state index contributed by atoms with van der Waals surface area (Å²) in [5.74, 6) is 8.27. The summed E-state index contributed by atoms with van der Waals surface area (Å²) in [6.07, 6.45) is 6.30. The van der Waals surface area contributed by atoms with Crippen molar-refractivity contribution in [1.29, 1.82) is 0 Å². The largest absolute Gasteiger partial charge is 0.271 e. The Morgan fingerprint density at radius 1 is 1.20 bits per heavy atom. The average molecular weight is 274 g/mol. The lowest BCUT2D eigenvalue weighted by Gasteiger charge is -2.36. The van der Waals surface area contributed by atoms with Gasteiger partial charge in [-0.3, -0.25) is 11.3 Å². The smallest absolute Gasteiger partial charge is 0.0242 e. The van der Waals surface area contributed by atoms with Gasteiger partial charge in [-0.2, -0.15) is 0 Å². The van der Waals surface area contributed by atoms with Crippen molar-refractivity contribution in [3.05, 3.63) is 35.4 Å². The zero-order chi connectivity index (χ0) is 14.5. The highest BCUT2D eigenvalue weighted by atomic mass is 15.2. The molecule has 2 heteroatoms. The van der Waals surface area contributed by atoms with Crippen molar-refractivity contribution in [2.24, 2.45) is 23.6 Å². The van der Waals surface area contributed by atoms with E-state index in [2.05, 4.69) is 50.5 Å². The van der Waals surface area contributed by atoms with Crippen LogP contribution >= 0.6 is 0 Å². The first-order chi connectivity index (χ1) is 9.58. The van der Waals surface area contributed by atoms with Crippen molar-refractivity contribution in [3.63, 3.8) is 0 Å². The zero-order valence-electron chi connectivity index (χ0n) is 13.2. The molecule has 3 unspecified atom stereocenters. The monoisotopic (exact) mass is 274 g/mol. The molecule has 0 amide bonds. The Morgan fingerprint density at radius 3 is 2.50 bits per heavy atom. The van der Waals surface area contributed by atoms with E-state index in [0.717, 1.165) is 30.6 Å². The lowest BCUT2D eigenvalue weighted by atomic mass is 9.73. The third-order valence-corrected chi connectivity index (χ3v) is 4.82. The van der Waals surface area contributed by atoms with Crippen LogP contribution in [0.15, 0.2) is 24.3 Å². The van der Waals surface area contributed by atoms with Crippen LogP contribution in [0.2, 0.25) is 0 Å². The van der Waals surface area contributed by atoms with E-state index in [0.29, 0.717) is 6.04 Å². The Bertz CT molecular complexity index is 406. The number of hydrazine groups is 1. The van der Waals surface area contributed by atoms with Crippen molar-refractivity contribution in [1.82, 2.24) is 5.43 Å². The van der Waals surface area contributed by atoms with Gasteiger partial charge in [0.15, 0.2) is 0 Å². The maximum absolute atomic E-state index is 5.84. The molecule has 0 bridgehead atoms. The minimum absolute atomic E-state index is 0.459. The quantitative estimate of drug-likeness (QED) is 0.632. The van der Waals surface area contributed by atoms with Gasteiger partial charge in [-0.25, -0.2) is 0 Å². The van der Waals surface area contributed by atoms with E-state index in [1.54, 1.807) is 0 Å². The van der Waals surface area contributed by atoms with Crippen LogP contribution in [-0.2, 0) is 6.42 Å². The molecular weight excluding hydrogens is 244 g/mol. The first-order valence-corrected chi connectivity index (χ1v) is 8.10. The predicted molar refractivity (Wildman–Crippen MR) is 86.3 cm³/mol. The molecule has 1 saturated carbocycles. The van der Waals surface area contributed by atoms with Crippen LogP contribution < -0.4 is 11.3 Å². The normalized spacial score (nSPS) is 28.3. The number of benzene rings is 1. The molecule has 1 aromatic rings. The number of nitrogens with one attached hydrogen (secondary N) is 1. The first-order valence-electron chi connectivity index (χ1n) is 8.10. The molecule has 1 aliphatic rings. The maximum atomic E-state index is 5.84.